The number of thioether (sulfide) groups is 1. The van der Waals surface area contributed by atoms with Gasteiger partial charge in [0.25, 0.3) is 0 Å². The van der Waals surface area contributed by atoms with Crippen molar-refractivity contribution >= 4 is 34.0 Å². The SMILES string of the molecule is CNC(=O)NC1(C(C)(C)C)N=C2SC(C(C)(C)C)=NN2C(=O)N1C. The lowest BCUT2D eigenvalue weighted by Crippen LogP contribution is -2.71. The van der Waals surface area contributed by atoms with Crippen molar-refractivity contribution in [1.82, 2.24) is 20.5 Å². The number of amides is 4. The second-order valence-electron chi connectivity index (χ2n) is 7.93. The van der Waals surface area contributed by atoms with E-state index in [1.165, 1.54) is 28.7 Å². The molecule has 1 atom stereocenters. The van der Waals surface area contributed by atoms with E-state index < -0.39 is 17.2 Å². The Morgan fingerprint density at radius 1 is 1.21 bits per heavy atom. The van der Waals surface area contributed by atoms with Gasteiger partial charge in [0.2, 0.25) is 5.79 Å². The third-order valence-electron chi connectivity index (χ3n) is 3.97. The molecule has 4 amide bonds. The monoisotopic (exact) mass is 354 g/mol. The number of carbonyl (C=O) groups is 2. The van der Waals surface area contributed by atoms with Gasteiger partial charge < -0.3 is 5.32 Å². The number of amidine groups is 1. The van der Waals surface area contributed by atoms with Gasteiger partial charge in [-0.3, -0.25) is 10.2 Å². The van der Waals surface area contributed by atoms with E-state index in [9.17, 15) is 9.59 Å². The molecule has 0 aromatic rings. The van der Waals surface area contributed by atoms with Crippen molar-refractivity contribution < 1.29 is 9.59 Å². The number of fused-ring (bicyclic) bond motifs is 1. The highest BCUT2D eigenvalue weighted by molar-refractivity contribution is 8.27. The van der Waals surface area contributed by atoms with Crippen LogP contribution in [0.5, 0.6) is 0 Å². The highest BCUT2D eigenvalue weighted by Crippen LogP contribution is 2.42. The first-order chi connectivity index (χ1) is 10.8. The van der Waals surface area contributed by atoms with Crippen molar-refractivity contribution in [3.63, 3.8) is 0 Å². The Kier molecular flexibility index (Phi) is 4.37. The fourth-order valence-corrected chi connectivity index (χ4v) is 3.45. The third-order valence-corrected chi connectivity index (χ3v) is 5.31. The number of nitrogens with one attached hydrogen (secondary N) is 2. The van der Waals surface area contributed by atoms with Crippen LogP contribution in [0, 0.1) is 10.8 Å². The van der Waals surface area contributed by atoms with Gasteiger partial charge in [0.05, 0.1) is 0 Å². The number of carbonyl (C=O) groups excluding carboxylic acids is 2. The van der Waals surface area contributed by atoms with E-state index in [0.29, 0.717) is 5.17 Å². The van der Waals surface area contributed by atoms with Crippen molar-refractivity contribution in [2.24, 2.45) is 20.9 Å². The second kappa shape index (κ2) is 5.65. The van der Waals surface area contributed by atoms with Crippen LogP contribution in [0.1, 0.15) is 41.5 Å². The van der Waals surface area contributed by atoms with Crippen molar-refractivity contribution in [3.05, 3.63) is 0 Å². The normalized spacial score (nSPS) is 24.4. The van der Waals surface area contributed by atoms with E-state index >= 15 is 0 Å². The molecule has 0 spiro atoms. The molecule has 24 heavy (non-hydrogen) atoms. The van der Waals surface area contributed by atoms with Crippen LogP contribution in [0.25, 0.3) is 0 Å². The quantitative estimate of drug-likeness (QED) is 0.758. The molecule has 0 aliphatic carbocycles. The molecule has 2 aliphatic heterocycles. The first-order valence-electron chi connectivity index (χ1n) is 7.78. The maximum atomic E-state index is 12.9. The minimum atomic E-state index is -1.20. The first kappa shape index (κ1) is 18.6. The molecule has 1 unspecified atom stereocenters. The molecule has 9 heteroatoms. The van der Waals surface area contributed by atoms with Crippen LogP contribution in [0.4, 0.5) is 9.59 Å². The summed E-state index contributed by atoms with van der Waals surface area (Å²) in [7, 11) is 3.15. The zero-order valence-corrected chi connectivity index (χ0v) is 16.3. The van der Waals surface area contributed by atoms with Crippen LogP contribution in [0.2, 0.25) is 0 Å². The molecule has 0 saturated heterocycles. The highest BCUT2D eigenvalue weighted by atomic mass is 32.2. The molecule has 0 aromatic heterocycles. The van der Waals surface area contributed by atoms with Gasteiger partial charge in [-0.2, -0.15) is 10.1 Å². The molecule has 2 N–H and O–H groups in total. The highest BCUT2D eigenvalue weighted by Gasteiger charge is 2.55. The van der Waals surface area contributed by atoms with Gasteiger partial charge in [-0.1, -0.05) is 41.5 Å². The minimum absolute atomic E-state index is 0.192. The van der Waals surface area contributed by atoms with E-state index in [2.05, 4.69) is 15.7 Å². The van der Waals surface area contributed by atoms with Crippen molar-refractivity contribution in [3.8, 4) is 0 Å². The van der Waals surface area contributed by atoms with E-state index in [1.54, 1.807) is 7.05 Å². The van der Waals surface area contributed by atoms with Crippen LogP contribution in [-0.2, 0) is 0 Å². The average molecular weight is 354 g/mol. The Bertz CT molecular complexity index is 631. The largest absolute Gasteiger partial charge is 0.350 e. The number of hydrazone groups is 1. The topological polar surface area (TPSA) is 89.4 Å². The molecule has 8 nitrogen and oxygen atoms in total. The predicted molar refractivity (Wildman–Crippen MR) is 96.7 cm³/mol. The summed E-state index contributed by atoms with van der Waals surface area (Å²) in [6.07, 6.45) is 0. The summed E-state index contributed by atoms with van der Waals surface area (Å²) in [6.45, 7) is 11.9. The Hall–Kier alpha value is -1.77. The lowest BCUT2D eigenvalue weighted by atomic mass is 9.85. The zero-order valence-electron chi connectivity index (χ0n) is 15.5. The smallest absolute Gasteiger partial charge is 0.341 e. The van der Waals surface area contributed by atoms with Crippen LogP contribution < -0.4 is 10.6 Å². The van der Waals surface area contributed by atoms with Crippen LogP contribution in [0.3, 0.4) is 0 Å². The summed E-state index contributed by atoms with van der Waals surface area (Å²) in [5, 5.41) is 12.4. The molecular formula is C15H26N6O2S. The summed E-state index contributed by atoms with van der Waals surface area (Å²) in [5.41, 5.74) is -0.726. The Morgan fingerprint density at radius 2 is 1.79 bits per heavy atom. The number of urea groups is 2. The van der Waals surface area contributed by atoms with Gasteiger partial charge >= 0.3 is 12.1 Å². The number of hydrogen-bond acceptors (Lipinski definition) is 5. The first-order valence-corrected chi connectivity index (χ1v) is 8.60. The van der Waals surface area contributed by atoms with Gasteiger partial charge in [0.1, 0.15) is 5.04 Å². The average Bonchev–Trinajstić information content (AvgIpc) is 2.87. The molecule has 2 aliphatic rings. The predicted octanol–water partition coefficient (Wildman–Crippen LogP) is 2.45. The van der Waals surface area contributed by atoms with Crippen molar-refractivity contribution in [2.45, 2.75) is 47.3 Å². The molecule has 0 fully saturated rings. The van der Waals surface area contributed by atoms with E-state index in [-0.39, 0.29) is 11.4 Å². The lowest BCUT2D eigenvalue weighted by Gasteiger charge is -2.50. The molecular weight excluding hydrogens is 328 g/mol. The number of aliphatic imine (C=N–C) groups is 1. The molecule has 0 bridgehead atoms. The van der Waals surface area contributed by atoms with Gasteiger partial charge in [-0.05, 0) is 11.8 Å². The fraction of sp³-hybridized carbons (Fsp3) is 0.733. The Morgan fingerprint density at radius 3 is 2.25 bits per heavy atom. The number of rotatable bonds is 1. The molecule has 2 heterocycles. The fourth-order valence-electron chi connectivity index (χ4n) is 2.47. The van der Waals surface area contributed by atoms with E-state index in [0.717, 1.165) is 5.04 Å². The molecule has 0 radical (unpaired) electrons. The van der Waals surface area contributed by atoms with Crippen LogP contribution >= 0.6 is 11.8 Å². The van der Waals surface area contributed by atoms with Gasteiger partial charge in [0, 0.05) is 24.9 Å². The van der Waals surface area contributed by atoms with Crippen molar-refractivity contribution in [1.29, 1.82) is 0 Å². The zero-order chi connectivity index (χ0) is 18.5. The van der Waals surface area contributed by atoms with Crippen LogP contribution in [0.15, 0.2) is 10.1 Å². The van der Waals surface area contributed by atoms with Crippen molar-refractivity contribution in [2.75, 3.05) is 14.1 Å². The standard InChI is InChI=1S/C15H26N6O2S/c1-13(2,3)9-19-21-11(24-9)18-15(14(4,5)6,17-10(22)16-7)20(8)12(21)23/h1-8H3,(H2,16,17,22). The summed E-state index contributed by atoms with van der Waals surface area (Å²) >= 11 is 1.37. The van der Waals surface area contributed by atoms with Gasteiger partial charge in [-0.15, -0.1) is 0 Å². The lowest BCUT2D eigenvalue weighted by molar-refractivity contribution is 0.00883. The summed E-state index contributed by atoms with van der Waals surface area (Å²) in [4.78, 5) is 31.1. The van der Waals surface area contributed by atoms with E-state index in [1.807, 2.05) is 41.5 Å². The third kappa shape index (κ3) is 2.85. The maximum Gasteiger partial charge on any atom is 0.350 e. The van der Waals surface area contributed by atoms with E-state index in [4.69, 9.17) is 4.99 Å². The second-order valence-corrected chi connectivity index (χ2v) is 8.89. The minimum Gasteiger partial charge on any atom is -0.341 e. The molecule has 134 valence electrons. The van der Waals surface area contributed by atoms with Gasteiger partial charge in [-0.25, -0.2) is 14.6 Å². The molecule has 0 saturated carbocycles. The summed E-state index contributed by atoms with van der Waals surface area (Å²) in [6, 6.07) is -0.722. The van der Waals surface area contributed by atoms with Crippen LogP contribution in [-0.4, -0.2) is 52.1 Å². The van der Waals surface area contributed by atoms with Gasteiger partial charge in [0.15, 0.2) is 5.17 Å². The summed E-state index contributed by atoms with van der Waals surface area (Å²) < 4.78 is 0. The number of nitrogens with zero attached hydrogens (tertiary/aromatic N) is 4. The molecule has 0 aromatic carbocycles. The summed E-state index contributed by atoms with van der Waals surface area (Å²) in [5.74, 6) is -1.20. The maximum absolute atomic E-state index is 12.9. The Labute approximate surface area is 147 Å². The number of hydrogen-bond donors (Lipinski definition) is 2. The Balaban J connectivity index is 2.55. The molecule has 2 rings (SSSR count).